The molecule has 108 valence electrons. The predicted octanol–water partition coefficient (Wildman–Crippen LogP) is 3.23. The Kier molecular flexibility index (Phi) is 4.01. The molecule has 1 heterocycles. The highest BCUT2D eigenvalue weighted by Gasteiger charge is 2.44. The van der Waals surface area contributed by atoms with Crippen molar-refractivity contribution in [1.82, 2.24) is 4.98 Å². The first kappa shape index (κ1) is 14.8. The lowest BCUT2D eigenvalue weighted by molar-refractivity contribution is 0.00932. The van der Waals surface area contributed by atoms with Crippen LogP contribution in [0, 0.1) is 22.2 Å². The van der Waals surface area contributed by atoms with Crippen LogP contribution in [0.3, 0.4) is 0 Å². The molecule has 1 saturated carbocycles. The number of pyridine rings is 1. The van der Waals surface area contributed by atoms with Gasteiger partial charge in [-0.1, -0.05) is 13.8 Å². The molecule has 0 spiro atoms. The summed E-state index contributed by atoms with van der Waals surface area (Å²) in [5, 5.41) is 20.2. The Morgan fingerprint density at radius 2 is 1.95 bits per heavy atom. The highest BCUT2D eigenvalue weighted by Crippen LogP contribution is 2.50. The fourth-order valence-corrected chi connectivity index (χ4v) is 2.81. The number of rotatable bonds is 3. The number of nitriles is 1. The van der Waals surface area contributed by atoms with Crippen LogP contribution in [0.2, 0.25) is 0 Å². The number of aromatic nitrogens is 1. The molecule has 1 fully saturated rings. The van der Waals surface area contributed by atoms with Crippen molar-refractivity contribution in [3.8, 4) is 11.9 Å². The van der Waals surface area contributed by atoms with E-state index in [-0.39, 0.29) is 5.41 Å². The van der Waals surface area contributed by atoms with Crippen LogP contribution in [-0.4, -0.2) is 17.2 Å². The Morgan fingerprint density at radius 1 is 1.30 bits per heavy atom. The fourth-order valence-electron chi connectivity index (χ4n) is 2.81. The molecular weight excluding hydrogens is 252 g/mol. The van der Waals surface area contributed by atoms with Crippen LogP contribution < -0.4 is 4.74 Å². The van der Waals surface area contributed by atoms with Crippen LogP contribution in [-0.2, 0) is 0 Å². The average molecular weight is 274 g/mol. The van der Waals surface area contributed by atoms with Gasteiger partial charge in [0.1, 0.15) is 0 Å². The van der Waals surface area contributed by atoms with E-state index in [0.29, 0.717) is 11.4 Å². The lowest BCUT2D eigenvalue weighted by Gasteiger charge is -2.41. The first-order valence-corrected chi connectivity index (χ1v) is 7.02. The van der Waals surface area contributed by atoms with E-state index >= 15 is 0 Å². The van der Waals surface area contributed by atoms with Crippen LogP contribution in [0.15, 0.2) is 18.3 Å². The van der Waals surface area contributed by atoms with Gasteiger partial charge < -0.3 is 9.84 Å². The number of hydrogen-bond acceptors (Lipinski definition) is 4. The summed E-state index contributed by atoms with van der Waals surface area (Å²) in [7, 11) is 1.55. The van der Waals surface area contributed by atoms with Gasteiger partial charge in [0.15, 0.2) is 0 Å². The number of nitrogens with zero attached hydrogens (tertiary/aromatic N) is 2. The molecule has 1 aliphatic rings. The van der Waals surface area contributed by atoms with Crippen LogP contribution >= 0.6 is 0 Å². The first-order valence-electron chi connectivity index (χ1n) is 7.02. The molecule has 0 bridgehead atoms. The molecule has 0 amide bonds. The maximum atomic E-state index is 10.6. The van der Waals surface area contributed by atoms with Crippen molar-refractivity contribution >= 4 is 0 Å². The van der Waals surface area contributed by atoms with Gasteiger partial charge in [0.25, 0.3) is 0 Å². The van der Waals surface area contributed by atoms with Crippen molar-refractivity contribution in [2.45, 2.75) is 45.6 Å². The molecule has 1 aromatic rings. The second kappa shape index (κ2) is 5.41. The van der Waals surface area contributed by atoms with Crippen LogP contribution in [0.5, 0.6) is 5.88 Å². The van der Waals surface area contributed by atoms with E-state index in [9.17, 15) is 10.4 Å². The summed E-state index contributed by atoms with van der Waals surface area (Å²) in [6.45, 7) is 4.44. The molecule has 1 atom stereocenters. The minimum Gasteiger partial charge on any atom is -0.481 e. The zero-order chi connectivity index (χ0) is 14.8. The normalized spacial score (nSPS) is 21.8. The lowest BCUT2D eigenvalue weighted by atomic mass is 9.62. The molecule has 1 aliphatic carbocycles. The van der Waals surface area contributed by atoms with Crippen molar-refractivity contribution in [2.75, 3.05) is 7.11 Å². The summed E-state index contributed by atoms with van der Waals surface area (Å²) >= 11 is 0. The van der Waals surface area contributed by atoms with Gasteiger partial charge in [-0.25, -0.2) is 4.98 Å². The minimum atomic E-state index is -0.790. The van der Waals surface area contributed by atoms with Crippen molar-refractivity contribution in [1.29, 1.82) is 5.26 Å². The van der Waals surface area contributed by atoms with Gasteiger partial charge in [-0.05, 0) is 37.2 Å². The molecule has 2 rings (SSSR count). The number of hydrogen-bond donors (Lipinski definition) is 1. The van der Waals surface area contributed by atoms with Crippen molar-refractivity contribution in [3.05, 3.63) is 23.9 Å². The molecule has 1 N–H and O–H groups in total. The van der Waals surface area contributed by atoms with E-state index in [1.165, 1.54) is 0 Å². The Bertz CT molecular complexity index is 492. The van der Waals surface area contributed by atoms with Crippen molar-refractivity contribution in [3.63, 3.8) is 0 Å². The van der Waals surface area contributed by atoms with Gasteiger partial charge in [0, 0.05) is 17.8 Å². The number of aliphatic hydroxyl groups is 1. The molecular formula is C16H22N2O2. The summed E-state index contributed by atoms with van der Waals surface area (Å²) in [4.78, 5) is 4.12. The Morgan fingerprint density at radius 3 is 2.40 bits per heavy atom. The van der Waals surface area contributed by atoms with Gasteiger partial charge in [-0.2, -0.15) is 5.26 Å². The smallest absolute Gasteiger partial charge is 0.212 e. The molecule has 1 aromatic heterocycles. The highest BCUT2D eigenvalue weighted by molar-refractivity contribution is 5.24. The van der Waals surface area contributed by atoms with E-state index < -0.39 is 11.5 Å². The van der Waals surface area contributed by atoms with Gasteiger partial charge in [0.05, 0.1) is 24.7 Å². The summed E-state index contributed by atoms with van der Waals surface area (Å²) < 4.78 is 5.02. The molecule has 0 aliphatic heterocycles. The van der Waals surface area contributed by atoms with Gasteiger partial charge in [-0.3, -0.25) is 0 Å². The Hall–Kier alpha value is -1.60. The predicted molar refractivity (Wildman–Crippen MR) is 76.0 cm³/mol. The van der Waals surface area contributed by atoms with Gasteiger partial charge >= 0.3 is 0 Å². The van der Waals surface area contributed by atoms with E-state index in [0.717, 1.165) is 25.7 Å². The van der Waals surface area contributed by atoms with Crippen LogP contribution in [0.25, 0.3) is 0 Å². The number of methoxy groups -OCH3 is 1. The molecule has 4 heteroatoms. The second-order valence-electron chi connectivity index (χ2n) is 6.47. The van der Waals surface area contributed by atoms with Crippen molar-refractivity contribution in [2.24, 2.45) is 10.8 Å². The Labute approximate surface area is 120 Å². The minimum absolute atomic E-state index is 0.262. The molecule has 1 unspecified atom stereocenters. The molecule has 0 radical (unpaired) electrons. The van der Waals surface area contributed by atoms with Crippen LogP contribution in [0.1, 0.15) is 51.2 Å². The zero-order valence-corrected chi connectivity index (χ0v) is 12.4. The third-order valence-corrected chi connectivity index (χ3v) is 4.53. The quantitative estimate of drug-likeness (QED) is 0.919. The third-order valence-electron chi connectivity index (χ3n) is 4.53. The fraction of sp³-hybridized carbons (Fsp3) is 0.625. The first-order chi connectivity index (χ1) is 9.42. The van der Waals surface area contributed by atoms with E-state index in [2.05, 4.69) is 24.9 Å². The van der Waals surface area contributed by atoms with E-state index in [4.69, 9.17) is 4.74 Å². The molecule has 0 saturated heterocycles. The summed E-state index contributed by atoms with van der Waals surface area (Å²) in [5.74, 6) is 0.511. The second-order valence-corrected chi connectivity index (χ2v) is 6.47. The summed E-state index contributed by atoms with van der Waals surface area (Å²) in [6, 6.07) is 5.88. The van der Waals surface area contributed by atoms with E-state index in [1.807, 2.05) is 0 Å². The maximum Gasteiger partial charge on any atom is 0.212 e. The standard InChI is InChI=1S/C16H22N2O2/c1-15(2)6-8-16(11-17,9-7-15)14(19)12-4-5-13(20-3)18-10-12/h4-5,10,14,19H,6-9H2,1-3H3. The van der Waals surface area contributed by atoms with Gasteiger partial charge in [0.2, 0.25) is 5.88 Å². The topological polar surface area (TPSA) is 66.1 Å². The summed E-state index contributed by atoms with van der Waals surface area (Å²) in [6.07, 6.45) is 4.18. The molecule has 0 aromatic carbocycles. The van der Waals surface area contributed by atoms with Crippen LogP contribution in [0.4, 0.5) is 0 Å². The monoisotopic (exact) mass is 274 g/mol. The largest absolute Gasteiger partial charge is 0.481 e. The van der Waals surface area contributed by atoms with Crippen molar-refractivity contribution < 1.29 is 9.84 Å². The maximum absolute atomic E-state index is 10.6. The van der Waals surface area contributed by atoms with E-state index in [1.54, 1.807) is 25.4 Å². The number of ether oxygens (including phenoxy) is 1. The highest BCUT2D eigenvalue weighted by atomic mass is 16.5. The lowest BCUT2D eigenvalue weighted by Crippen LogP contribution is -2.35. The number of aliphatic hydroxyl groups excluding tert-OH is 1. The molecule has 20 heavy (non-hydrogen) atoms. The molecule has 4 nitrogen and oxygen atoms in total. The van der Waals surface area contributed by atoms with Gasteiger partial charge in [-0.15, -0.1) is 0 Å². The Balaban J connectivity index is 2.21. The third kappa shape index (κ3) is 2.78. The summed E-state index contributed by atoms with van der Waals surface area (Å²) in [5.41, 5.74) is 0.261. The zero-order valence-electron chi connectivity index (χ0n) is 12.4. The average Bonchev–Trinajstić information content (AvgIpc) is 2.47. The SMILES string of the molecule is COc1ccc(C(O)C2(C#N)CCC(C)(C)CC2)cn1.